The summed E-state index contributed by atoms with van der Waals surface area (Å²) in [5.74, 6) is 1.69. The fourth-order valence-electron chi connectivity index (χ4n) is 7.36. The number of nitrogens with zero attached hydrogens (tertiary/aromatic N) is 3. The Morgan fingerprint density at radius 2 is 1.45 bits per heavy atom. The maximum atomic E-state index is 13.7. The molecule has 0 spiro atoms. The van der Waals surface area contributed by atoms with Gasteiger partial charge in [0, 0.05) is 31.7 Å². The number of carbonyl (C=O) groups excluding carboxylic acids is 1. The van der Waals surface area contributed by atoms with E-state index in [-0.39, 0.29) is 36.7 Å². The Kier molecular flexibility index (Phi) is 19.1. The van der Waals surface area contributed by atoms with E-state index in [1.165, 1.54) is 0 Å². The van der Waals surface area contributed by atoms with E-state index in [4.69, 9.17) is 34.6 Å². The van der Waals surface area contributed by atoms with Gasteiger partial charge in [-0.25, -0.2) is 11.2 Å². The van der Waals surface area contributed by atoms with Gasteiger partial charge in [0.15, 0.2) is 0 Å². The quantitative estimate of drug-likeness (QED) is 0.0364. The Hall–Kier alpha value is -3.55. The number of likely N-dealkylation sites (tertiary alicyclic amines) is 1. The molecule has 3 atom stereocenters. The average Bonchev–Trinajstić information content (AvgIpc) is 3.62. The smallest absolute Gasteiger partial charge is 0.259 e. The van der Waals surface area contributed by atoms with Crippen LogP contribution in [0.25, 0.3) is 4.85 Å². The molecule has 1 aliphatic rings. The highest BCUT2D eigenvalue weighted by Gasteiger charge is 2.40. The minimum absolute atomic E-state index is 0.103. The van der Waals surface area contributed by atoms with Crippen molar-refractivity contribution in [3.63, 3.8) is 0 Å². The summed E-state index contributed by atoms with van der Waals surface area (Å²) in [5.41, 5.74) is 2.07. The van der Waals surface area contributed by atoms with Gasteiger partial charge in [0.2, 0.25) is 12.5 Å². The van der Waals surface area contributed by atoms with Crippen molar-refractivity contribution in [2.45, 2.75) is 109 Å². The van der Waals surface area contributed by atoms with E-state index in [9.17, 15) is 4.79 Å². The molecule has 306 valence electrons. The van der Waals surface area contributed by atoms with Gasteiger partial charge in [0.25, 0.3) is 8.53 Å². The molecule has 3 aromatic carbocycles. The monoisotopic (exact) mass is 789 g/mol. The molecule has 0 aliphatic carbocycles. The van der Waals surface area contributed by atoms with Gasteiger partial charge in [0.1, 0.15) is 23.7 Å². The van der Waals surface area contributed by atoms with Crippen LogP contribution in [-0.4, -0.2) is 93.4 Å². The molecule has 0 bridgehead atoms. The second-order valence-electron chi connectivity index (χ2n) is 14.8. The van der Waals surface area contributed by atoms with Gasteiger partial charge >= 0.3 is 0 Å². The maximum Gasteiger partial charge on any atom is 0.259 e. The molecule has 56 heavy (non-hydrogen) atoms. The van der Waals surface area contributed by atoms with Crippen LogP contribution in [0.1, 0.15) is 96.3 Å². The van der Waals surface area contributed by atoms with Crippen LogP contribution in [0.15, 0.2) is 78.9 Å². The summed E-state index contributed by atoms with van der Waals surface area (Å²) in [5, 5.41) is 0. The van der Waals surface area contributed by atoms with Crippen LogP contribution in [0.5, 0.6) is 11.5 Å². The first-order valence-electron chi connectivity index (χ1n) is 20.2. The number of benzene rings is 3. The first kappa shape index (κ1) is 45.2. The number of carbonyl (C=O) groups is 1. The number of amides is 1. The first-order chi connectivity index (χ1) is 27.2. The maximum absolute atomic E-state index is 13.7. The van der Waals surface area contributed by atoms with E-state index >= 15 is 0 Å². The Morgan fingerprint density at radius 3 is 2.00 bits per heavy atom. The number of ether oxygens (including phenoxy) is 4. The molecule has 0 radical (unpaired) electrons. The Labute approximate surface area is 337 Å². The van der Waals surface area contributed by atoms with Gasteiger partial charge in [-0.1, -0.05) is 80.8 Å². The fourth-order valence-corrected chi connectivity index (χ4v) is 9.06. The second-order valence-corrected chi connectivity index (χ2v) is 16.2. The van der Waals surface area contributed by atoms with Crippen LogP contribution in [0, 0.1) is 6.57 Å². The molecular weight excluding hydrogens is 725 g/mol. The highest BCUT2D eigenvalue weighted by Crippen LogP contribution is 2.48. The van der Waals surface area contributed by atoms with Crippen molar-refractivity contribution < 1.29 is 32.8 Å². The SMILES string of the molecule is [C-]#[N+]CCOP(O[C@@H]1C[C@@H](COCCCOC(c2ccccc2)(c2ccc(OC)cc2)c2ccc(OC)cc2)N(C(=O)CCCCCC)C1)N(C(C)C)C(C)C. The van der Waals surface area contributed by atoms with Crippen LogP contribution >= 0.6 is 8.53 Å². The largest absolute Gasteiger partial charge is 0.497 e. The van der Waals surface area contributed by atoms with E-state index in [0.717, 1.165) is 53.9 Å². The summed E-state index contributed by atoms with van der Waals surface area (Å²) < 4.78 is 39.5. The summed E-state index contributed by atoms with van der Waals surface area (Å²) in [6.45, 7) is 20.4. The summed E-state index contributed by atoms with van der Waals surface area (Å²) in [7, 11) is 1.92. The lowest BCUT2D eigenvalue weighted by molar-refractivity contribution is -0.133. The normalized spacial score (nSPS) is 16.4. The van der Waals surface area contributed by atoms with Crippen molar-refractivity contribution in [2.24, 2.45) is 0 Å². The van der Waals surface area contributed by atoms with Crippen LogP contribution in [0.3, 0.4) is 0 Å². The van der Waals surface area contributed by atoms with Crippen LogP contribution in [0.2, 0.25) is 0 Å². The number of methoxy groups -OCH3 is 2. The second kappa shape index (κ2) is 23.6. The molecule has 0 N–H and O–H groups in total. The van der Waals surface area contributed by atoms with Crippen molar-refractivity contribution >= 4 is 14.4 Å². The van der Waals surface area contributed by atoms with Crippen LogP contribution < -0.4 is 9.47 Å². The van der Waals surface area contributed by atoms with Crippen molar-refractivity contribution in [1.29, 1.82) is 0 Å². The van der Waals surface area contributed by atoms with Crippen LogP contribution in [0.4, 0.5) is 0 Å². The molecule has 1 heterocycles. The standard InChI is InChI=1S/C45H64N3O7P/c1-9-10-11-15-19-44(49)47-33-43(55-56(54-31-28-46-6)48(35(2)3)36(4)5)32-40(47)34-52-29-16-30-53-45(37-17-13-12-14-18-37,38-20-24-41(50-7)25-21-38)39-22-26-42(51-8)27-23-39/h12-14,17-18,20-27,35-36,40,43H,9-11,15-16,19,28-34H2,1-5,7-8H3/t40-,43+,56?/m0/s1. The minimum Gasteiger partial charge on any atom is -0.497 e. The lowest BCUT2D eigenvalue weighted by atomic mass is 9.80. The Morgan fingerprint density at radius 1 is 0.839 bits per heavy atom. The predicted octanol–water partition coefficient (Wildman–Crippen LogP) is 9.66. The highest BCUT2D eigenvalue weighted by atomic mass is 31.2. The van der Waals surface area contributed by atoms with E-state index < -0.39 is 14.1 Å². The van der Waals surface area contributed by atoms with E-state index in [1.54, 1.807) is 14.2 Å². The number of rotatable bonds is 25. The lowest BCUT2D eigenvalue weighted by Crippen LogP contribution is -2.39. The molecule has 3 aromatic rings. The van der Waals surface area contributed by atoms with Crippen molar-refractivity contribution in [3.05, 3.63) is 107 Å². The summed E-state index contributed by atoms with van der Waals surface area (Å²) in [6.07, 6.45) is 5.83. The zero-order chi connectivity index (χ0) is 40.3. The number of hydrogen-bond donors (Lipinski definition) is 0. The molecule has 11 heteroatoms. The van der Waals surface area contributed by atoms with Crippen molar-refractivity contribution in [3.8, 4) is 11.5 Å². The predicted molar refractivity (Wildman–Crippen MR) is 224 cm³/mol. The highest BCUT2D eigenvalue weighted by molar-refractivity contribution is 7.44. The Balaban J connectivity index is 1.47. The summed E-state index contributed by atoms with van der Waals surface area (Å²) in [6, 6.07) is 26.6. The average molecular weight is 790 g/mol. The lowest BCUT2D eigenvalue weighted by Gasteiger charge is -2.36. The third-order valence-corrected chi connectivity index (χ3v) is 12.2. The fraction of sp³-hybridized carbons (Fsp3) is 0.556. The van der Waals surface area contributed by atoms with Gasteiger partial charge in [-0.3, -0.25) is 4.79 Å². The topological polar surface area (TPSA) is 83.3 Å². The molecule has 0 saturated carbocycles. The molecule has 4 rings (SSSR count). The third kappa shape index (κ3) is 12.5. The summed E-state index contributed by atoms with van der Waals surface area (Å²) in [4.78, 5) is 19.1. The molecule has 1 aliphatic heterocycles. The van der Waals surface area contributed by atoms with E-state index in [2.05, 4.69) is 80.5 Å². The van der Waals surface area contributed by atoms with E-state index in [0.29, 0.717) is 52.2 Å². The third-order valence-electron chi connectivity index (χ3n) is 10.1. The molecular formula is C45H64N3O7P. The first-order valence-corrected chi connectivity index (χ1v) is 21.4. The minimum atomic E-state index is -1.41. The van der Waals surface area contributed by atoms with Gasteiger partial charge < -0.3 is 37.7 Å². The van der Waals surface area contributed by atoms with Gasteiger partial charge in [-0.15, -0.1) is 0 Å². The molecule has 1 amide bonds. The van der Waals surface area contributed by atoms with Crippen molar-refractivity contribution in [2.75, 3.05) is 53.7 Å². The van der Waals surface area contributed by atoms with Crippen molar-refractivity contribution in [1.82, 2.24) is 9.57 Å². The summed E-state index contributed by atoms with van der Waals surface area (Å²) >= 11 is 0. The molecule has 1 fully saturated rings. The number of unbranched alkanes of at least 4 members (excludes halogenated alkanes) is 3. The zero-order valence-corrected chi connectivity index (χ0v) is 35.5. The zero-order valence-electron chi connectivity index (χ0n) is 34.7. The van der Waals surface area contributed by atoms with Crippen LogP contribution in [-0.2, 0) is 28.9 Å². The Bertz CT molecular complexity index is 1550. The molecule has 1 unspecified atom stereocenters. The molecule has 1 saturated heterocycles. The molecule has 0 aromatic heterocycles. The molecule has 10 nitrogen and oxygen atoms in total. The van der Waals surface area contributed by atoms with Gasteiger partial charge in [0.05, 0.1) is 39.6 Å². The van der Waals surface area contributed by atoms with Gasteiger partial charge in [-0.05, 0) is 87.9 Å². The van der Waals surface area contributed by atoms with Gasteiger partial charge in [-0.2, -0.15) is 0 Å². The number of hydrogen-bond acceptors (Lipinski definition) is 8. The van der Waals surface area contributed by atoms with E-state index in [1.807, 2.05) is 47.4 Å².